The average Bonchev–Trinajstić information content (AvgIpc) is 2.60. The summed E-state index contributed by atoms with van der Waals surface area (Å²) in [4.78, 5) is 15.6. The van der Waals surface area contributed by atoms with Crippen LogP contribution >= 0.6 is 0 Å². The number of nitrogens with zero attached hydrogens (tertiary/aromatic N) is 2. The van der Waals surface area contributed by atoms with Gasteiger partial charge in [0.25, 0.3) is 0 Å². The molecule has 1 atom stereocenters. The van der Waals surface area contributed by atoms with Crippen molar-refractivity contribution in [3.05, 3.63) is 0 Å². The van der Waals surface area contributed by atoms with Crippen molar-refractivity contribution in [2.24, 2.45) is 0 Å². The van der Waals surface area contributed by atoms with Crippen LogP contribution in [-0.2, 0) is 0 Å². The van der Waals surface area contributed by atoms with Gasteiger partial charge in [-0.2, -0.15) is 0 Å². The molecule has 0 aromatic heterocycles. The van der Waals surface area contributed by atoms with Crippen molar-refractivity contribution < 1.29 is 4.79 Å². The Labute approximate surface area is 86.2 Å². The molecule has 1 saturated heterocycles. The van der Waals surface area contributed by atoms with E-state index in [0.717, 1.165) is 32.7 Å². The second-order valence-corrected chi connectivity index (χ2v) is 3.76. The lowest BCUT2D eigenvalue weighted by Crippen LogP contribution is -2.43. The van der Waals surface area contributed by atoms with Crippen molar-refractivity contribution in [2.45, 2.75) is 26.8 Å². The third-order valence-corrected chi connectivity index (χ3v) is 2.84. The summed E-state index contributed by atoms with van der Waals surface area (Å²) in [7, 11) is 0. The largest absolute Gasteiger partial charge is 0.336 e. The molecule has 0 aromatic rings. The monoisotopic (exact) mass is 199 g/mol. The summed E-state index contributed by atoms with van der Waals surface area (Å²) in [6, 6.07) is 0.405. The smallest absolute Gasteiger partial charge is 0.317 e. The van der Waals surface area contributed by atoms with Gasteiger partial charge in [0.15, 0.2) is 0 Å². The van der Waals surface area contributed by atoms with Gasteiger partial charge in [0, 0.05) is 25.7 Å². The lowest BCUT2D eigenvalue weighted by Gasteiger charge is -2.28. The van der Waals surface area contributed by atoms with E-state index < -0.39 is 0 Å². The van der Waals surface area contributed by atoms with Gasteiger partial charge >= 0.3 is 6.03 Å². The lowest BCUT2D eigenvalue weighted by atomic mass is 10.2. The van der Waals surface area contributed by atoms with Crippen LogP contribution < -0.4 is 5.32 Å². The predicted molar refractivity (Wildman–Crippen MR) is 57.4 cm³/mol. The molecule has 0 aliphatic carbocycles. The number of carbonyl (C=O) groups is 1. The molecule has 1 heterocycles. The summed E-state index contributed by atoms with van der Waals surface area (Å²) in [6.45, 7) is 11.1. The summed E-state index contributed by atoms with van der Waals surface area (Å²) >= 11 is 0. The predicted octanol–water partition coefficient (Wildman–Crippen LogP) is 0.742. The van der Waals surface area contributed by atoms with Gasteiger partial charge in [-0.1, -0.05) is 13.8 Å². The van der Waals surface area contributed by atoms with Crippen molar-refractivity contribution in [3.63, 3.8) is 0 Å². The van der Waals surface area contributed by atoms with Crippen LogP contribution in [0, 0.1) is 0 Å². The van der Waals surface area contributed by atoms with E-state index >= 15 is 0 Å². The van der Waals surface area contributed by atoms with Crippen molar-refractivity contribution in [1.29, 1.82) is 0 Å². The summed E-state index contributed by atoms with van der Waals surface area (Å²) in [5, 5.41) is 2.83. The molecule has 1 unspecified atom stereocenters. The maximum atomic E-state index is 11.4. The zero-order valence-corrected chi connectivity index (χ0v) is 9.42. The number of rotatable bonds is 5. The molecule has 1 aliphatic heterocycles. The third-order valence-electron chi connectivity index (χ3n) is 2.84. The van der Waals surface area contributed by atoms with Crippen molar-refractivity contribution >= 4 is 6.03 Å². The maximum absolute atomic E-state index is 11.4. The Morgan fingerprint density at radius 3 is 2.57 bits per heavy atom. The summed E-state index contributed by atoms with van der Waals surface area (Å²) in [6.07, 6.45) is 0. The number of amides is 2. The number of carbonyl (C=O) groups excluding carboxylic acids is 1. The third kappa shape index (κ3) is 2.61. The highest BCUT2D eigenvalue weighted by Gasteiger charge is 2.25. The fraction of sp³-hybridized carbons (Fsp3) is 0.900. The minimum Gasteiger partial charge on any atom is -0.336 e. The average molecular weight is 199 g/mol. The normalized spacial score (nSPS) is 18.9. The minimum absolute atomic E-state index is 0.0876. The molecule has 0 aromatic carbocycles. The van der Waals surface area contributed by atoms with Crippen LogP contribution in [0.2, 0.25) is 0 Å². The number of hydrogen-bond donors (Lipinski definition) is 1. The topological polar surface area (TPSA) is 35.6 Å². The molecular formula is C10H21N3O. The Morgan fingerprint density at radius 2 is 2.14 bits per heavy atom. The van der Waals surface area contributed by atoms with E-state index in [-0.39, 0.29) is 6.03 Å². The molecule has 2 amide bonds. The number of likely N-dealkylation sites (N-methyl/N-ethyl adjacent to an activating group) is 1. The quantitative estimate of drug-likeness (QED) is 0.709. The molecule has 1 rings (SSSR count). The highest BCUT2D eigenvalue weighted by molar-refractivity contribution is 5.76. The Hall–Kier alpha value is -0.770. The zero-order chi connectivity index (χ0) is 10.6. The second-order valence-electron chi connectivity index (χ2n) is 3.76. The molecule has 1 aliphatic rings. The molecule has 0 radical (unpaired) electrons. The van der Waals surface area contributed by atoms with Crippen LogP contribution in [0.25, 0.3) is 0 Å². The molecule has 0 bridgehead atoms. The lowest BCUT2D eigenvalue weighted by molar-refractivity contribution is 0.175. The molecule has 4 heteroatoms. The fourth-order valence-electron chi connectivity index (χ4n) is 1.86. The van der Waals surface area contributed by atoms with Crippen LogP contribution in [-0.4, -0.2) is 54.6 Å². The molecule has 4 nitrogen and oxygen atoms in total. The van der Waals surface area contributed by atoms with Gasteiger partial charge in [-0.05, 0) is 20.0 Å². The number of urea groups is 1. The van der Waals surface area contributed by atoms with E-state index in [4.69, 9.17) is 0 Å². The zero-order valence-electron chi connectivity index (χ0n) is 9.42. The van der Waals surface area contributed by atoms with Crippen LogP contribution in [0.1, 0.15) is 20.8 Å². The molecule has 82 valence electrons. The van der Waals surface area contributed by atoms with Gasteiger partial charge in [-0.15, -0.1) is 0 Å². The summed E-state index contributed by atoms with van der Waals surface area (Å²) in [5.41, 5.74) is 0. The van der Waals surface area contributed by atoms with Crippen LogP contribution in [0.4, 0.5) is 4.79 Å². The number of nitrogens with one attached hydrogen (secondary N) is 1. The van der Waals surface area contributed by atoms with Crippen LogP contribution in [0.5, 0.6) is 0 Å². The Morgan fingerprint density at radius 1 is 1.50 bits per heavy atom. The first-order chi connectivity index (χ1) is 6.69. The van der Waals surface area contributed by atoms with E-state index in [0.29, 0.717) is 6.04 Å². The van der Waals surface area contributed by atoms with E-state index in [1.54, 1.807) is 0 Å². The van der Waals surface area contributed by atoms with E-state index in [1.165, 1.54) is 0 Å². The Kier molecular flexibility index (Phi) is 4.20. The van der Waals surface area contributed by atoms with Crippen LogP contribution in [0.3, 0.4) is 0 Å². The number of hydrogen-bond acceptors (Lipinski definition) is 2. The second kappa shape index (κ2) is 5.20. The van der Waals surface area contributed by atoms with Gasteiger partial charge < -0.3 is 15.1 Å². The molecule has 0 saturated carbocycles. The van der Waals surface area contributed by atoms with Crippen molar-refractivity contribution in [1.82, 2.24) is 15.1 Å². The summed E-state index contributed by atoms with van der Waals surface area (Å²) in [5.74, 6) is 0. The van der Waals surface area contributed by atoms with Gasteiger partial charge in [-0.3, -0.25) is 0 Å². The first kappa shape index (κ1) is 11.3. The van der Waals surface area contributed by atoms with Crippen molar-refractivity contribution in [3.8, 4) is 0 Å². The fourth-order valence-corrected chi connectivity index (χ4v) is 1.86. The first-order valence-corrected chi connectivity index (χ1v) is 5.45. The van der Waals surface area contributed by atoms with Crippen molar-refractivity contribution in [2.75, 3.05) is 32.7 Å². The first-order valence-electron chi connectivity index (χ1n) is 5.45. The van der Waals surface area contributed by atoms with Gasteiger partial charge in [0.05, 0.1) is 0 Å². The SMILES string of the molecule is CCN(CC)CC(C)N1CCNC1=O. The van der Waals surface area contributed by atoms with E-state index in [9.17, 15) is 4.79 Å². The maximum Gasteiger partial charge on any atom is 0.317 e. The molecular weight excluding hydrogens is 178 g/mol. The van der Waals surface area contributed by atoms with Gasteiger partial charge in [0.1, 0.15) is 0 Å². The minimum atomic E-state index is 0.0876. The highest BCUT2D eigenvalue weighted by Crippen LogP contribution is 2.05. The van der Waals surface area contributed by atoms with E-state index in [2.05, 4.69) is 31.0 Å². The Balaban J connectivity index is 2.40. The highest BCUT2D eigenvalue weighted by atomic mass is 16.2. The standard InChI is InChI=1S/C10H21N3O/c1-4-12(5-2)8-9(3)13-7-6-11-10(13)14/h9H,4-8H2,1-3H3,(H,11,14). The molecule has 1 fully saturated rings. The Bertz CT molecular complexity index is 192. The molecule has 0 spiro atoms. The molecule has 14 heavy (non-hydrogen) atoms. The van der Waals surface area contributed by atoms with Gasteiger partial charge in [0.2, 0.25) is 0 Å². The van der Waals surface area contributed by atoms with Gasteiger partial charge in [-0.25, -0.2) is 4.79 Å². The molecule has 1 N–H and O–H groups in total. The van der Waals surface area contributed by atoms with Crippen LogP contribution in [0.15, 0.2) is 0 Å². The van der Waals surface area contributed by atoms with E-state index in [1.807, 2.05) is 4.90 Å². The summed E-state index contributed by atoms with van der Waals surface area (Å²) < 4.78 is 0.